The van der Waals surface area contributed by atoms with Gasteiger partial charge in [-0.05, 0) is 52.7 Å². The van der Waals surface area contributed by atoms with Gasteiger partial charge in [0.1, 0.15) is 5.82 Å². The summed E-state index contributed by atoms with van der Waals surface area (Å²) < 4.78 is 13.3. The summed E-state index contributed by atoms with van der Waals surface area (Å²) in [6, 6.07) is 8.61. The lowest BCUT2D eigenvalue weighted by Crippen LogP contribution is -2.23. The smallest absolute Gasteiger partial charge is 0.341 e. The Morgan fingerprint density at radius 2 is 2.03 bits per heavy atom. The van der Waals surface area contributed by atoms with Crippen LogP contribution in [0.5, 0.6) is 11.5 Å². The number of benzene rings is 2. The van der Waals surface area contributed by atoms with Crippen molar-refractivity contribution in [1.82, 2.24) is 9.66 Å². The number of fused-ring (bicyclic) bond motifs is 1. The zero-order valence-corrected chi connectivity index (χ0v) is 20.8. The van der Waals surface area contributed by atoms with Crippen molar-refractivity contribution in [3.63, 3.8) is 0 Å². The van der Waals surface area contributed by atoms with Crippen LogP contribution in [0.4, 0.5) is 0 Å². The van der Waals surface area contributed by atoms with Crippen LogP contribution in [0.25, 0.3) is 10.9 Å². The van der Waals surface area contributed by atoms with E-state index >= 15 is 0 Å². The molecule has 0 radical (unpaired) electrons. The van der Waals surface area contributed by atoms with Gasteiger partial charge >= 0.3 is 5.97 Å². The number of hydrogen-bond acceptors (Lipinski definition) is 6. The molecule has 0 fully saturated rings. The number of rotatable bonds is 8. The highest BCUT2D eigenvalue weighted by molar-refractivity contribution is 9.10. The molecule has 0 aliphatic heterocycles. The molecule has 0 amide bonds. The Morgan fingerprint density at radius 3 is 2.69 bits per heavy atom. The van der Waals surface area contributed by atoms with Gasteiger partial charge in [-0.15, -0.1) is 0 Å². The Morgan fingerprint density at radius 1 is 1.28 bits per heavy atom. The van der Waals surface area contributed by atoms with Crippen LogP contribution in [-0.4, -0.2) is 40.7 Å². The first-order valence-corrected chi connectivity index (χ1v) is 11.3. The zero-order valence-electron chi connectivity index (χ0n) is 17.6. The summed E-state index contributed by atoms with van der Waals surface area (Å²) in [7, 11) is 1.45. The molecule has 1 aromatic heterocycles. The quantitative estimate of drug-likeness (QED) is 0.393. The van der Waals surface area contributed by atoms with E-state index in [4.69, 9.17) is 14.6 Å². The molecule has 0 saturated heterocycles. The molecule has 0 aliphatic rings. The number of methoxy groups -OCH3 is 1. The fraction of sp³-hybridized carbons (Fsp3) is 0.273. The molecule has 1 atom stereocenters. The van der Waals surface area contributed by atoms with Crippen LogP contribution in [0.3, 0.4) is 0 Å². The third-order valence-electron chi connectivity index (χ3n) is 4.83. The van der Waals surface area contributed by atoms with Crippen molar-refractivity contribution in [2.24, 2.45) is 5.10 Å². The van der Waals surface area contributed by atoms with Crippen LogP contribution >= 0.6 is 31.9 Å². The summed E-state index contributed by atoms with van der Waals surface area (Å²) in [5.74, 6) is 0.0894. The number of aromatic nitrogens is 2. The minimum absolute atomic E-state index is 0.0117. The second-order valence-corrected chi connectivity index (χ2v) is 8.78. The Hall–Kier alpha value is -2.72. The molecule has 3 rings (SSSR count). The molecule has 1 N–H and O–H groups in total. The van der Waals surface area contributed by atoms with Gasteiger partial charge in [0.05, 0.1) is 24.2 Å². The van der Waals surface area contributed by atoms with Gasteiger partial charge in [-0.1, -0.05) is 29.8 Å². The van der Waals surface area contributed by atoms with Gasteiger partial charge in [-0.25, -0.2) is 9.78 Å². The van der Waals surface area contributed by atoms with Crippen LogP contribution in [0.2, 0.25) is 0 Å². The minimum Gasteiger partial charge on any atom is -0.493 e. The zero-order chi connectivity index (χ0) is 23.4. The summed E-state index contributed by atoms with van der Waals surface area (Å²) in [5, 5.41) is 13.7. The van der Waals surface area contributed by atoms with Gasteiger partial charge in [0, 0.05) is 20.4 Å². The van der Waals surface area contributed by atoms with E-state index in [0.717, 1.165) is 10.9 Å². The fourth-order valence-corrected chi connectivity index (χ4v) is 3.75. The van der Waals surface area contributed by atoms with Crippen molar-refractivity contribution in [3.8, 4) is 11.5 Å². The molecular formula is C22H21Br2N3O5. The Kier molecular flexibility index (Phi) is 7.68. The lowest BCUT2D eigenvalue weighted by molar-refractivity contribution is -0.139. The second kappa shape index (κ2) is 10.3. The topological polar surface area (TPSA) is 103 Å². The molecule has 0 bridgehead atoms. The van der Waals surface area contributed by atoms with E-state index in [0.29, 0.717) is 32.5 Å². The minimum atomic E-state index is -1.10. The van der Waals surface area contributed by atoms with Crippen molar-refractivity contribution in [1.29, 1.82) is 0 Å². The number of ether oxygens (including phenoxy) is 2. The van der Waals surface area contributed by atoms with Crippen molar-refractivity contribution >= 4 is 54.9 Å². The lowest BCUT2D eigenvalue weighted by atomic mass is 10.1. The maximum Gasteiger partial charge on any atom is 0.341 e. The normalized spacial score (nSPS) is 12.3. The highest BCUT2D eigenvalue weighted by Crippen LogP contribution is 2.33. The van der Waals surface area contributed by atoms with Gasteiger partial charge in [0.2, 0.25) is 0 Å². The first-order valence-electron chi connectivity index (χ1n) is 9.73. The standard InChI is InChI=1S/C22H21Br2N3O5/c1-4-12(2)21-26-17-6-5-14(23)8-15(17)22(30)27(21)25-10-13-7-18(31-3)19(9-16(13)24)32-11-20(28)29/h5-10,12H,4,11H2,1-3H3,(H,28,29)/t12-/m0/s1. The number of carboxylic acids is 1. The van der Waals surface area contributed by atoms with E-state index in [1.165, 1.54) is 18.0 Å². The van der Waals surface area contributed by atoms with E-state index in [1.54, 1.807) is 24.3 Å². The first-order chi connectivity index (χ1) is 15.2. The molecule has 0 saturated carbocycles. The summed E-state index contributed by atoms with van der Waals surface area (Å²) in [6.07, 6.45) is 2.31. The SMILES string of the molecule is CC[C@H](C)c1nc2ccc(Br)cc2c(=O)n1N=Cc1cc(OC)c(OCC(=O)O)cc1Br. The summed E-state index contributed by atoms with van der Waals surface area (Å²) in [5.41, 5.74) is 0.955. The maximum atomic E-state index is 13.2. The number of nitrogens with zero attached hydrogens (tertiary/aromatic N) is 3. The lowest BCUT2D eigenvalue weighted by Gasteiger charge is -2.14. The molecule has 8 nitrogen and oxygen atoms in total. The van der Waals surface area contributed by atoms with E-state index in [-0.39, 0.29) is 17.2 Å². The summed E-state index contributed by atoms with van der Waals surface area (Å²) in [4.78, 5) is 28.7. The number of carboxylic acid groups (broad SMARTS) is 1. The van der Waals surface area contributed by atoms with Crippen LogP contribution in [0.15, 0.2) is 49.2 Å². The summed E-state index contributed by atoms with van der Waals surface area (Å²) in [6.45, 7) is 3.52. The van der Waals surface area contributed by atoms with Crippen LogP contribution in [-0.2, 0) is 4.79 Å². The Labute approximate surface area is 201 Å². The average Bonchev–Trinajstić information content (AvgIpc) is 2.77. The van der Waals surface area contributed by atoms with Crippen LogP contribution in [0.1, 0.15) is 37.6 Å². The predicted octanol–water partition coefficient (Wildman–Crippen LogP) is 4.79. The highest BCUT2D eigenvalue weighted by Gasteiger charge is 2.16. The highest BCUT2D eigenvalue weighted by atomic mass is 79.9. The molecular weight excluding hydrogens is 546 g/mol. The van der Waals surface area contributed by atoms with Gasteiger partial charge in [0.25, 0.3) is 5.56 Å². The molecule has 32 heavy (non-hydrogen) atoms. The van der Waals surface area contributed by atoms with E-state index in [1.807, 2.05) is 19.9 Å². The van der Waals surface area contributed by atoms with Gasteiger partial charge < -0.3 is 14.6 Å². The van der Waals surface area contributed by atoms with Crippen molar-refractivity contribution in [2.45, 2.75) is 26.2 Å². The van der Waals surface area contributed by atoms with Gasteiger partial charge in [-0.3, -0.25) is 4.79 Å². The molecule has 0 unspecified atom stereocenters. The first kappa shape index (κ1) is 23.9. The largest absolute Gasteiger partial charge is 0.493 e. The molecule has 0 spiro atoms. The third kappa shape index (κ3) is 5.18. The molecule has 2 aromatic carbocycles. The molecule has 10 heteroatoms. The van der Waals surface area contributed by atoms with E-state index in [9.17, 15) is 9.59 Å². The predicted molar refractivity (Wildman–Crippen MR) is 129 cm³/mol. The van der Waals surface area contributed by atoms with Gasteiger partial charge in [-0.2, -0.15) is 9.78 Å². The van der Waals surface area contributed by atoms with Crippen molar-refractivity contribution < 1.29 is 19.4 Å². The Bertz CT molecular complexity index is 1260. The van der Waals surface area contributed by atoms with Crippen molar-refractivity contribution in [3.05, 3.63) is 61.0 Å². The Balaban J connectivity index is 2.10. The van der Waals surface area contributed by atoms with Gasteiger partial charge in [0.15, 0.2) is 18.1 Å². The van der Waals surface area contributed by atoms with E-state index in [2.05, 4.69) is 41.9 Å². The molecule has 0 aliphatic carbocycles. The fourth-order valence-electron chi connectivity index (χ4n) is 2.96. The summed E-state index contributed by atoms with van der Waals surface area (Å²) >= 11 is 6.84. The number of aliphatic carboxylic acids is 1. The van der Waals surface area contributed by atoms with Crippen molar-refractivity contribution in [2.75, 3.05) is 13.7 Å². The molecule has 168 valence electrons. The van der Waals surface area contributed by atoms with Crippen LogP contribution in [0, 0.1) is 0 Å². The van der Waals surface area contributed by atoms with E-state index < -0.39 is 12.6 Å². The molecule has 1 heterocycles. The average molecular weight is 567 g/mol. The second-order valence-electron chi connectivity index (χ2n) is 7.01. The maximum absolute atomic E-state index is 13.2. The third-order valence-corrected chi connectivity index (χ3v) is 6.01. The monoisotopic (exact) mass is 565 g/mol. The number of carbonyl (C=O) groups is 1. The number of halogens is 2. The number of hydrogen-bond donors (Lipinski definition) is 1. The molecule has 3 aromatic rings. The van der Waals surface area contributed by atoms with Crippen LogP contribution < -0.4 is 15.0 Å².